The molecule has 1 aromatic carbocycles. The van der Waals surface area contributed by atoms with Crippen molar-refractivity contribution in [1.82, 2.24) is 14.8 Å². The van der Waals surface area contributed by atoms with Crippen LogP contribution < -0.4 is 10.5 Å². The summed E-state index contributed by atoms with van der Waals surface area (Å²) in [5, 5.41) is 3.86. The summed E-state index contributed by atoms with van der Waals surface area (Å²) in [5.74, 6) is -1.47. The van der Waals surface area contributed by atoms with E-state index in [1.54, 1.807) is 6.92 Å². The van der Waals surface area contributed by atoms with Crippen molar-refractivity contribution in [1.29, 1.82) is 0 Å². The fourth-order valence-corrected chi connectivity index (χ4v) is 1.33. The Labute approximate surface area is 95.8 Å². The van der Waals surface area contributed by atoms with Crippen molar-refractivity contribution in [3.05, 3.63) is 29.8 Å². The number of nitrogens with zero attached hydrogens (tertiary/aromatic N) is 3. The van der Waals surface area contributed by atoms with E-state index in [0.29, 0.717) is 6.61 Å². The molecular formula is C10H10F2N4O. The molecule has 5 nitrogen and oxygen atoms in total. The van der Waals surface area contributed by atoms with Crippen molar-refractivity contribution in [3.8, 4) is 11.7 Å². The first-order valence-electron chi connectivity index (χ1n) is 4.92. The van der Waals surface area contributed by atoms with Gasteiger partial charge < -0.3 is 10.5 Å². The summed E-state index contributed by atoms with van der Waals surface area (Å²) in [7, 11) is 0. The Morgan fingerprint density at radius 3 is 2.82 bits per heavy atom. The number of nitrogens with two attached hydrogens (primary N) is 1. The summed E-state index contributed by atoms with van der Waals surface area (Å²) >= 11 is 0. The largest absolute Gasteiger partial charge is 0.463 e. The average Bonchev–Trinajstić information content (AvgIpc) is 2.60. The zero-order chi connectivity index (χ0) is 12.4. The molecule has 0 spiro atoms. The molecule has 0 aliphatic heterocycles. The van der Waals surface area contributed by atoms with Crippen LogP contribution >= 0.6 is 0 Å². The van der Waals surface area contributed by atoms with E-state index < -0.39 is 11.6 Å². The number of nitrogen functional groups attached to an aromatic ring is 1. The lowest BCUT2D eigenvalue weighted by atomic mass is 10.3. The Kier molecular flexibility index (Phi) is 2.90. The van der Waals surface area contributed by atoms with Crippen LogP contribution in [0.15, 0.2) is 18.2 Å². The standard InChI is InChI=1S/C10H10F2N4O/c1-2-17-10-14-9(13)16(15-10)8-4-3-6(11)5-7(8)12/h3-5H,2H2,1H3,(H2,13,14,15). The predicted molar refractivity (Wildman–Crippen MR) is 56.9 cm³/mol. The molecule has 0 aliphatic rings. The lowest BCUT2D eigenvalue weighted by Gasteiger charge is -2.03. The van der Waals surface area contributed by atoms with Gasteiger partial charge in [0.2, 0.25) is 5.95 Å². The molecule has 2 rings (SSSR count). The van der Waals surface area contributed by atoms with Crippen LogP contribution in [0.5, 0.6) is 6.01 Å². The Morgan fingerprint density at radius 1 is 1.41 bits per heavy atom. The fourth-order valence-electron chi connectivity index (χ4n) is 1.33. The summed E-state index contributed by atoms with van der Waals surface area (Å²) in [4.78, 5) is 3.79. The van der Waals surface area contributed by atoms with Crippen molar-refractivity contribution in [3.63, 3.8) is 0 Å². The smallest absolute Gasteiger partial charge is 0.337 e. The van der Waals surface area contributed by atoms with Crippen LogP contribution in [0.1, 0.15) is 6.92 Å². The van der Waals surface area contributed by atoms with E-state index in [4.69, 9.17) is 10.5 Å². The number of rotatable bonds is 3. The van der Waals surface area contributed by atoms with Gasteiger partial charge >= 0.3 is 6.01 Å². The molecule has 0 unspecified atom stereocenters. The van der Waals surface area contributed by atoms with Crippen LogP contribution in [0.25, 0.3) is 5.69 Å². The predicted octanol–water partition coefficient (Wildman–Crippen LogP) is 1.53. The molecule has 7 heteroatoms. The molecule has 0 saturated carbocycles. The van der Waals surface area contributed by atoms with Gasteiger partial charge in [0.1, 0.15) is 11.5 Å². The monoisotopic (exact) mass is 240 g/mol. The van der Waals surface area contributed by atoms with E-state index in [1.807, 2.05) is 0 Å². The van der Waals surface area contributed by atoms with Gasteiger partial charge in [0.05, 0.1) is 6.61 Å². The lowest BCUT2D eigenvalue weighted by molar-refractivity contribution is 0.312. The fraction of sp³-hybridized carbons (Fsp3) is 0.200. The van der Waals surface area contributed by atoms with Gasteiger partial charge in [0, 0.05) is 6.07 Å². The Bertz CT molecular complexity index is 541. The first-order chi connectivity index (χ1) is 8.11. The molecule has 2 N–H and O–H groups in total. The van der Waals surface area contributed by atoms with Crippen molar-refractivity contribution in [2.24, 2.45) is 0 Å². The zero-order valence-corrected chi connectivity index (χ0v) is 9.02. The third-order valence-electron chi connectivity index (χ3n) is 2.02. The highest BCUT2D eigenvalue weighted by Gasteiger charge is 2.13. The molecule has 17 heavy (non-hydrogen) atoms. The summed E-state index contributed by atoms with van der Waals surface area (Å²) in [5.41, 5.74) is 5.58. The number of halogens is 2. The van der Waals surface area contributed by atoms with Crippen LogP contribution in [-0.4, -0.2) is 21.4 Å². The Hall–Kier alpha value is -2.18. The molecule has 0 fully saturated rings. The number of aromatic nitrogens is 3. The SMILES string of the molecule is CCOc1nc(N)n(-c2ccc(F)cc2F)n1. The van der Waals surface area contributed by atoms with Crippen molar-refractivity contribution < 1.29 is 13.5 Å². The molecule has 0 bridgehead atoms. The third-order valence-corrected chi connectivity index (χ3v) is 2.02. The van der Waals surface area contributed by atoms with Crippen LogP contribution in [-0.2, 0) is 0 Å². The summed E-state index contributed by atoms with van der Waals surface area (Å²) in [6, 6.07) is 3.14. The molecule has 90 valence electrons. The van der Waals surface area contributed by atoms with Gasteiger partial charge in [-0.3, -0.25) is 0 Å². The maximum absolute atomic E-state index is 13.5. The highest BCUT2D eigenvalue weighted by molar-refractivity contribution is 5.39. The first-order valence-corrected chi connectivity index (χ1v) is 4.92. The van der Waals surface area contributed by atoms with E-state index in [0.717, 1.165) is 16.8 Å². The van der Waals surface area contributed by atoms with Gasteiger partial charge in [-0.25, -0.2) is 8.78 Å². The molecule has 0 aliphatic carbocycles. The molecule has 0 saturated heterocycles. The van der Waals surface area contributed by atoms with Crippen molar-refractivity contribution in [2.45, 2.75) is 6.92 Å². The van der Waals surface area contributed by atoms with Crippen molar-refractivity contribution >= 4 is 5.95 Å². The van der Waals surface area contributed by atoms with E-state index >= 15 is 0 Å². The minimum absolute atomic E-state index is 0.0161. The van der Waals surface area contributed by atoms with E-state index in [2.05, 4.69) is 10.1 Å². The minimum Gasteiger partial charge on any atom is -0.463 e. The number of benzene rings is 1. The number of anilines is 1. The molecule has 0 amide bonds. The Balaban J connectivity index is 2.45. The van der Waals surface area contributed by atoms with Gasteiger partial charge in [-0.05, 0) is 19.1 Å². The van der Waals surface area contributed by atoms with Gasteiger partial charge in [-0.15, -0.1) is 5.10 Å². The zero-order valence-electron chi connectivity index (χ0n) is 9.02. The highest BCUT2D eigenvalue weighted by atomic mass is 19.1. The number of hydrogen-bond acceptors (Lipinski definition) is 4. The summed E-state index contributed by atoms with van der Waals surface area (Å²) < 4.78 is 32.3. The van der Waals surface area contributed by atoms with Gasteiger partial charge in [-0.1, -0.05) is 0 Å². The average molecular weight is 240 g/mol. The van der Waals surface area contributed by atoms with Crippen LogP contribution in [0, 0.1) is 11.6 Å². The van der Waals surface area contributed by atoms with Crippen LogP contribution in [0.4, 0.5) is 14.7 Å². The van der Waals surface area contributed by atoms with Crippen LogP contribution in [0.2, 0.25) is 0 Å². The normalized spacial score (nSPS) is 10.5. The molecule has 0 atom stereocenters. The number of ether oxygens (including phenoxy) is 1. The summed E-state index contributed by atoms with van der Waals surface area (Å²) in [6.07, 6.45) is 0. The Morgan fingerprint density at radius 2 is 2.18 bits per heavy atom. The third kappa shape index (κ3) is 2.17. The second-order valence-corrected chi connectivity index (χ2v) is 3.19. The second kappa shape index (κ2) is 4.36. The van der Waals surface area contributed by atoms with Gasteiger partial charge in [0.25, 0.3) is 0 Å². The van der Waals surface area contributed by atoms with Crippen LogP contribution in [0.3, 0.4) is 0 Å². The van der Waals surface area contributed by atoms with E-state index in [9.17, 15) is 8.78 Å². The maximum atomic E-state index is 13.5. The minimum atomic E-state index is -0.773. The molecule has 0 radical (unpaired) electrons. The molecule has 2 aromatic rings. The summed E-state index contributed by atoms with van der Waals surface area (Å²) in [6.45, 7) is 2.13. The van der Waals surface area contributed by atoms with E-state index in [1.165, 1.54) is 6.07 Å². The lowest BCUT2D eigenvalue weighted by Crippen LogP contribution is -2.05. The topological polar surface area (TPSA) is 66.0 Å². The first kappa shape index (κ1) is 11.3. The maximum Gasteiger partial charge on any atom is 0.337 e. The quantitative estimate of drug-likeness (QED) is 0.883. The van der Waals surface area contributed by atoms with E-state index in [-0.39, 0.29) is 17.6 Å². The molecule has 1 aromatic heterocycles. The van der Waals surface area contributed by atoms with Gasteiger partial charge in [-0.2, -0.15) is 9.67 Å². The molecular weight excluding hydrogens is 230 g/mol. The number of hydrogen-bond donors (Lipinski definition) is 1. The highest BCUT2D eigenvalue weighted by Crippen LogP contribution is 2.18. The second-order valence-electron chi connectivity index (χ2n) is 3.19. The van der Waals surface area contributed by atoms with Crippen molar-refractivity contribution in [2.75, 3.05) is 12.3 Å². The molecule has 1 heterocycles. The van der Waals surface area contributed by atoms with Gasteiger partial charge in [0.15, 0.2) is 5.82 Å².